The molecule has 0 saturated heterocycles. The predicted molar refractivity (Wildman–Crippen MR) is 96.0 cm³/mol. The topological polar surface area (TPSA) is 97.9 Å². The van der Waals surface area contributed by atoms with Crippen molar-refractivity contribution in [3.05, 3.63) is 59.8 Å². The molecule has 0 aliphatic heterocycles. The number of hydrogen-bond acceptors (Lipinski definition) is 6. The first-order valence-corrected chi connectivity index (χ1v) is 7.71. The fraction of sp³-hybridized carbons (Fsp3) is 0.167. The number of nitrogen functional groups attached to an aromatic ring is 1. The Bertz CT molecular complexity index is 874. The molecule has 0 atom stereocenters. The van der Waals surface area contributed by atoms with E-state index in [2.05, 4.69) is 20.4 Å². The smallest absolute Gasteiger partial charge is 0.173 e. The summed E-state index contributed by atoms with van der Waals surface area (Å²) in [4.78, 5) is 0. The highest BCUT2D eigenvalue weighted by atomic mass is 16.5. The number of rotatable bonds is 6. The Morgan fingerprint density at radius 2 is 1.76 bits per heavy atom. The Labute approximate surface area is 145 Å². The van der Waals surface area contributed by atoms with Crippen molar-refractivity contribution in [2.75, 3.05) is 20.0 Å². The van der Waals surface area contributed by atoms with Gasteiger partial charge in [-0.2, -0.15) is 10.2 Å². The molecular weight excluding hydrogens is 318 g/mol. The van der Waals surface area contributed by atoms with Crippen molar-refractivity contribution in [1.82, 2.24) is 10.2 Å². The summed E-state index contributed by atoms with van der Waals surface area (Å²) >= 11 is 0. The Kier molecular flexibility index (Phi) is 4.94. The molecule has 128 valence electrons. The SMILES string of the molecule is COc1ccc(Cc2[nH]nc(N)c2N=Nc2ccccc2)cc1OC. The maximum atomic E-state index is 5.92. The number of aromatic amines is 1. The Hall–Kier alpha value is -3.35. The van der Waals surface area contributed by atoms with Crippen molar-refractivity contribution >= 4 is 17.2 Å². The van der Waals surface area contributed by atoms with E-state index in [1.807, 2.05) is 48.5 Å². The molecule has 1 aromatic heterocycles. The molecule has 0 spiro atoms. The van der Waals surface area contributed by atoms with Crippen molar-refractivity contribution in [1.29, 1.82) is 0 Å². The third kappa shape index (κ3) is 3.77. The van der Waals surface area contributed by atoms with Gasteiger partial charge in [0.05, 0.1) is 25.6 Å². The zero-order valence-electron chi connectivity index (χ0n) is 14.1. The largest absolute Gasteiger partial charge is 0.493 e. The van der Waals surface area contributed by atoms with Crippen molar-refractivity contribution < 1.29 is 9.47 Å². The summed E-state index contributed by atoms with van der Waals surface area (Å²) in [5, 5.41) is 15.4. The summed E-state index contributed by atoms with van der Waals surface area (Å²) in [5.74, 6) is 1.66. The lowest BCUT2D eigenvalue weighted by Crippen LogP contribution is -1.94. The van der Waals surface area contributed by atoms with E-state index in [1.54, 1.807) is 14.2 Å². The molecule has 7 heteroatoms. The number of nitrogens with one attached hydrogen (secondary N) is 1. The summed E-state index contributed by atoms with van der Waals surface area (Å²) in [6.45, 7) is 0. The van der Waals surface area contributed by atoms with Gasteiger partial charge in [-0.05, 0) is 29.8 Å². The molecule has 7 nitrogen and oxygen atoms in total. The van der Waals surface area contributed by atoms with Gasteiger partial charge in [0.1, 0.15) is 0 Å². The van der Waals surface area contributed by atoms with Crippen LogP contribution in [0.25, 0.3) is 0 Å². The van der Waals surface area contributed by atoms with Gasteiger partial charge in [-0.15, -0.1) is 5.11 Å². The van der Waals surface area contributed by atoms with Crippen LogP contribution in [-0.2, 0) is 6.42 Å². The van der Waals surface area contributed by atoms with E-state index >= 15 is 0 Å². The van der Waals surface area contributed by atoms with Crippen LogP contribution in [0.4, 0.5) is 17.2 Å². The molecular formula is C18H19N5O2. The monoisotopic (exact) mass is 337 g/mol. The maximum absolute atomic E-state index is 5.92. The molecule has 0 unspecified atom stereocenters. The fourth-order valence-corrected chi connectivity index (χ4v) is 2.42. The van der Waals surface area contributed by atoms with E-state index in [0.717, 1.165) is 16.9 Å². The molecule has 2 aromatic carbocycles. The first-order valence-electron chi connectivity index (χ1n) is 7.71. The number of aromatic nitrogens is 2. The number of ether oxygens (including phenoxy) is 2. The summed E-state index contributed by atoms with van der Waals surface area (Å²) in [7, 11) is 3.21. The number of H-pyrrole nitrogens is 1. The summed E-state index contributed by atoms with van der Waals surface area (Å²) in [6, 6.07) is 15.2. The molecule has 0 aliphatic carbocycles. The summed E-state index contributed by atoms with van der Waals surface area (Å²) < 4.78 is 10.6. The molecule has 3 N–H and O–H groups in total. The highest BCUT2D eigenvalue weighted by Crippen LogP contribution is 2.31. The first-order chi connectivity index (χ1) is 12.2. The van der Waals surface area contributed by atoms with Crippen LogP contribution < -0.4 is 15.2 Å². The lowest BCUT2D eigenvalue weighted by atomic mass is 10.1. The van der Waals surface area contributed by atoms with Gasteiger partial charge in [0.25, 0.3) is 0 Å². The molecule has 0 saturated carbocycles. The average Bonchev–Trinajstić information content (AvgIpc) is 3.00. The maximum Gasteiger partial charge on any atom is 0.173 e. The summed E-state index contributed by atoms with van der Waals surface area (Å²) in [5.41, 5.74) is 9.00. The van der Waals surface area contributed by atoms with Crippen LogP contribution in [0.1, 0.15) is 11.3 Å². The highest BCUT2D eigenvalue weighted by Gasteiger charge is 2.13. The minimum Gasteiger partial charge on any atom is -0.493 e. The van der Waals surface area contributed by atoms with Gasteiger partial charge < -0.3 is 15.2 Å². The van der Waals surface area contributed by atoms with Crippen LogP contribution in [0.3, 0.4) is 0 Å². The van der Waals surface area contributed by atoms with Gasteiger partial charge in [0, 0.05) is 6.42 Å². The van der Waals surface area contributed by atoms with Crippen molar-refractivity contribution in [3.8, 4) is 11.5 Å². The number of nitrogens with zero attached hydrogens (tertiary/aromatic N) is 3. The van der Waals surface area contributed by atoms with Crippen molar-refractivity contribution in [2.45, 2.75) is 6.42 Å². The zero-order valence-corrected chi connectivity index (χ0v) is 14.1. The van der Waals surface area contributed by atoms with Gasteiger partial charge >= 0.3 is 0 Å². The highest BCUT2D eigenvalue weighted by molar-refractivity contribution is 5.61. The predicted octanol–water partition coefficient (Wildman–Crippen LogP) is 4.02. The number of anilines is 1. The van der Waals surface area contributed by atoms with Crippen LogP contribution in [-0.4, -0.2) is 24.4 Å². The van der Waals surface area contributed by atoms with Crippen LogP contribution in [0.2, 0.25) is 0 Å². The lowest BCUT2D eigenvalue weighted by Gasteiger charge is -2.09. The normalized spacial score (nSPS) is 11.0. The molecule has 0 aliphatic rings. The van der Waals surface area contributed by atoms with Crippen LogP contribution in [0.5, 0.6) is 11.5 Å². The standard InChI is InChI=1S/C18H19N5O2/c1-24-15-9-8-12(11-16(15)25-2)10-14-17(18(19)23-21-14)22-20-13-6-4-3-5-7-13/h3-9,11H,10H2,1-2H3,(H3,19,21,23). The Balaban J connectivity index is 1.86. The van der Waals surface area contributed by atoms with E-state index in [-0.39, 0.29) is 0 Å². The third-order valence-electron chi connectivity index (χ3n) is 3.69. The molecule has 0 radical (unpaired) electrons. The third-order valence-corrected chi connectivity index (χ3v) is 3.69. The second kappa shape index (κ2) is 7.48. The van der Waals surface area contributed by atoms with E-state index < -0.39 is 0 Å². The summed E-state index contributed by atoms with van der Waals surface area (Å²) in [6.07, 6.45) is 0.563. The van der Waals surface area contributed by atoms with E-state index in [0.29, 0.717) is 29.4 Å². The molecule has 3 aromatic rings. The van der Waals surface area contributed by atoms with Gasteiger partial charge in [-0.3, -0.25) is 5.10 Å². The lowest BCUT2D eigenvalue weighted by molar-refractivity contribution is 0.354. The molecule has 0 fully saturated rings. The quantitative estimate of drug-likeness (QED) is 0.664. The van der Waals surface area contributed by atoms with Gasteiger partial charge in [-0.1, -0.05) is 24.3 Å². The molecule has 0 amide bonds. The second-order valence-corrected chi connectivity index (χ2v) is 5.34. The van der Waals surface area contributed by atoms with Crippen LogP contribution in [0.15, 0.2) is 58.8 Å². The van der Waals surface area contributed by atoms with Crippen molar-refractivity contribution in [3.63, 3.8) is 0 Å². The Morgan fingerprint density at radius 1 is 1.00 bits per heavy atom. The van der Waals surface area contributed by atoms with Gasteiger partial charge in [0.2, 0.25) is 0 Å². The minimum absolute atomic E-state index is 0.315. The number of benzene rings is 2. The van der Waals surface area contributed by atoms with Gasteiger partial charge in [0.15, 0.2) is 23.0 Å². The van der Waals surface area contributed by atoms with Crippen LogP contribution >= 0.6 is 0 Å². The molecule has 25 heavy (non-hydrogen) atoms. The first kappa shape index (κ1) is 16.5. The van der Waals surface area contributed by atoms with E-state index in [1.165, 1.54) is 0 Å². The number of hydrogen-bond donors (Lipinski definition) is 2. The van der Waals surface area contributed by atoms with Crippen molar-refractivity contribution in [2.24, 2.45) is 10.2 Å². The number of methoxy groups -OCH3 is 2. The van der Waals surface area contributed by atoms with Gasteiger partial charge in [-0.25, -0.2) is 0 Å². The van der Waals surface area contributed by atoms with E-state index in [4.69, 9.17) is 15.2 Å². The zero-order chi connectivity index (χ0) is 17.6. The van der Waals surface area contributed by atoms with Crippen LogP contribution in [0, 0.1) is 0 Å². The van der Waals surface area contributed by atoms with E-state index in [9.17, 15) is 0 Å². The minimum atomic E-state index is 0.315. The Morgan fingerprint density at radius 3 is 2.48 bits per heavy atom. The molecule has 0 bridgehead atoms. The number of nitrogens with two attached hydrogens (primary N) is 1. The molecule has 3 rings (SSSR count). The second-order valence-electron chi connectivity index (χ2n) is 5.34. The average molecular weight is 337 g/mol. The number of azo groups is 1. The molecule has 1 heterocycles. The fourth-order valence-electron chi connectivity index (χ4n) is 2.42.